The van der Waals surface area contributed by atoms with Crippen LogP contribution in [0.4, 0.5) is 0 Å². The number of carboxylic acids is 1. The largest absolute Gasteiger partial charge is 0.480 e. The average Bonchev–Trinajstić information content (AvgIpc) is 3.72. The molecule has 4 rings (SSSR count). The number of aromatic nitrogens is 4. The zero-order valence-corrected chi connectivity index (χ0v) is 21.2. The van der Waals surface area contributed by atoms with Crippen molar-refractivity contribution in [2.24, 2.45) is 0 Å². The maximum Gasteiger partial charge on any atom is 0.326 e. The van der Waals surface area contributed by atoms with Gasteiger partial charge in [-0.25, -0.2) is 14.8 Å². The number of carbonyl (C=O) groups is 4. The van der Waals surface area contributed by atoms with Crippen molar-refractivity contribution < 1.29 is 24.3 Å². The second kappa shape index (κ2) is 13.3. The van der Waals surface area contributed by atoms with Crippen LogP contribution in [0, 0.1) is 0 Å². The van der Waals surface area contributed by atoms with Gasteiger partial charge in [0, 0.05) is 43.0 Å². The van der Waals surface area contributed by atoms with E-state index in [0.29, 0.717) is 17.8 Å². The number of benzene rings is 1. The van der Waals surface area contributed by atoms with Gasteiger partial charge in [-0.2, -0.15) is 0 Å². The number of hydrogen-bond acceptors (Lipinski definition) is 7. The lowest BCUT2D eigenvalue weighted by molar-refractivity contribution is -0.142. The zero-order chi connectivity index (χ0) is 27.6. The Bertz CT molecular complexity index is 1230. The Balaban J connectivity index is 1.51. The van der Waals surface area contributed by atoms with E-state index in [1.54, 1.807) is 0 Å². The average molecular weight is 537 g/mol. The summed E-state index contributed by atoms with van der Waals surface area (Å²) < 4.78 is 0. The van der Waals surface area contributed by atoms with Crippen LogP contribution >= 0.6 is 0 Å². The van der Waals surface area contributed by atoms with Crippen LogP contribution in [0.15, 0.2) is 55.4 Å². The number of aliphatic carboxylic acids is 1. The predicted molar refractivity (Wildman–Crippen MR) is 139 cm³/mol. The van der Waals surface area contributed by atoms with Crippen molar-refractivity contribution in [2.45, 2.75) is 56.3 Å². The molecule has 3 heterocycles. The lowest BCUT2D eigenvalue weighted by Gasteiger charge is -2.25. The van der Waals surface area contributed by atoms with Gasteiger partial charge in [0.2, 0.25) is 17.7 Å². The minimum atomic E-state index is -1.26. The maximum absolute atomic E-state index is 13.5. The first-order valence-corrected chi connectivity index (χ1v) is 12.7. The van der Waals surface area contributed by atoms with Gasteiger partial charge in [-0.1, -0.05) is 30.3 Å². The highest BCUT2D eigenvalue weighted by atomic mass is 16.4. The van der Waals surface area contributed by atoms with Crippen LogP contribution < -0.4 is 21.3 Å². The van der Waals surface area contributed by atoms with E-state index in [9.17, 15) is 24.3 Å². The minimum Gasteiger partial charge on any atom is -0.480 e. The monoisotopic (exact) mass is 536 g/mol. The van der Waals surface area contributed by atoms with Gasteiger partial charge in [-0.05, 0) is 24.9 Å². The zero-order valence-electron chi connectivity index (χ0n) is 21.2. The van der Waals surface area contributed by atoms with Gasteiger partial charge in [-0.3, -0.25) is 14.4 Å². The van der Waals surface area contributed by atoms with Gasteiger partial charge in [0.25, 0.3) is 0 Å². The number of rotatable bonds is 13. The maximum atomic E-state index is 13.5. The Kier molecular flexibility index (Phi) is 9.40. The summed E-state index contributed by atoms with van der Waals surface area (Å²) in [5.74, 6) is -2.77. The highest BCUT2D eigenvalue weighted by Crippen LogP contribution is 2.09. The molecule has 0 spiro atoms. The topological polar surface area (TPSA) is 194 Å². The highest BCUT2D eigenvalue weighted by molar-refractivity contribution is 5.94. The lowest BCUT2D eigenvalue weighted by atomic mass is 10.0. The molecule has 3 amide bonds. The van der Waals surface area contributed by atoms with Crippen molar-refractivity contribution in [1.29, 1.82) is 0 Å². The Morgan fingerprint density at radius 3 is 1.97 bits per heavy atom. The molecule has 13 heteroatoms. The quantitative estimate of drug-likeness (QED) is 0.151. The number of amides is 3. The molecule has 206 valence electrons. The van der Waals surface area contributed by atoms with Crippen LogP contribution in [0.25, 0.3) is 0 Å². The molecular formula is C26H32N8O5. The van der Waals surface area contributed by atoms with Crippen molar-refractivity contribution in [2.75, 3.05) is 6.54 Å². The molecule has 1 fully saturated rings. The molecule has 1 aliphatic heterocycles. The van der Waals surface area contributed by atoms with E-state index >= 15 is 0 Å². The minimum absolute atomic E-state index is 0.0210. The molecule has 7 N–H and O–H groups in total. The summed E-state index contributed by atoms with van der Waals surface area (Å²) in [6, 6.07) is 5.49. The molecule has 3 aromatic rings. The van der Waals surface area contributed by atoms with Crippen LogP contribution in [-0.2, 0) is 38.4 Å². The van der Waals surface area contributed by atoms with E-state index < -0.39 is 35.9 Å². The second-order valence-corrected chi connectivity index (χ2v) is 9.42. The number of imidazole rings is 2. The van der Waals surface area contributed by atoms with Crippen LogP contribution in [0.2, 0.25) is 0 Å². The van der Waals surface area contributed by atoms with Gasteiger partial charge >= 0.3 is 5.97 Å². The number of H-pyrrole nitrogens is 2. The van der Waals surface area contributed by atoms with E-state index in [4.69, 9.17) is 0 Å². The first kappa shape index (κ1) is 27.5. The number of nitrogens with one attached hydrogen (secondary N) is 6. The summed E-state index contributed by atoms with van der Waals surface area (Å²) in [5, 5.41) is 20.9. The Labute approximate surface area is 224 Å². The summed E-state index contributed by atoms with van der Waals surface area (Å²) in [5.41, 5.74) is 1.93. The summed E-state index contributed by atoms with van der Waals surface area (Å²) >= 11 is 0. The molecule has 4 atom stereocenters. The van der Waals surface area contributed by atoms with Crippen LogP contribution in [-0.4, -0.2) is 79.4 Å². The van der Waals surface area contributed by atoms with E-state index in [-0.39, 0.29) is 31.2 Å². The highest BCUT2D eigenvalue weighted by Gasteiger charge is 2.32. The third kappa shape index (κ3) is 7.98. The standard InChI is InChI=1S/C26H32N8O5/c35-23(19-7-4-8-29-19)32-20(9-16-5-2-1-3-6-16)24(36)33-21(10-17-12-27-14-30-17)25(37)34-22(26(38)39)11-18-13-28-15-31-18/h1-3,5-6,12-15,19-22,29H,4,7-11H2,(H,27,30)(H,28,31)(H,32,35)(H,33,36)(H,34,37)(H,38,39). The molecule has 0 saturated carbocycles. The van der Waals surface area contributed by atoms with Gasteiger partial charge in [0.1, 0.15) is 18.1 Å². The van der Waals surface area contributed by atoms with Crippen LogP contribution in [0.3, 0.4) is 0 Å². The number of hydrogen-bond donors (Lipinski definition) is 7. The molecule has 0 aliphatic carbocycles. The van der Waals surface area contributed by atoms with Crippen molar-refractivity contribution in [3.63, 3.8) is 0 Å². The third-order valence-corrected chi connectivity index (χ3v) is 6.50. The Morgan fingerprint density at radius 2 is 1.44 bits per heavy atom. The lowest BCUT2D eigenvalue weighted by Crippen LogP contribution is -2.58. The summed E-state index contributed by atoms with van der Waals surface area (Å²) in [4.78, 5) is 65.2. The number of carboxylic acid groups (broad SMARTS) is 1. The number of aromatic amines is 2. The first-order valence-electron chi connectivity index (χ1n) is 12.7. The molecule has 13 nitrogen and oxygen atoms in total. The summed E-state index contributed by atoms with van der Waals surface area (Å²) in [7, 11) is 0. The normalized spacial score (nSPS) is 17.1. The molecular weight excluding hydrogens is 504 g/mol. The summed E-state index contributed by atoms with van der Waals surface area (Å²) in [6.07, 6.45) is 7.60. The van der Waals surface area contributed by atoms with Gasteiger partial charge < -0.3 is 36.3 Å². The van der Waals surface area contributed by atoms with E-state index in [0.717, 1.165) is 18.5 Å². The van der Waals surface area contributed by atoms with E-state index in [2.05, 4.69) is 41.2 Å². The summed E-state index contributed by atoms with van der Waals surface area (Å²) in [6.45, 7) is 0.726. The molecule has 2 aromatic heterocycles. The van der Waals surface area contributed by atoms with Gasteiger partial charge in [0.15, 0.2) is 0 Å². The van der Waals surface area contributed by atoms with E-state index in [1.807, 2.05) is 30.3 Å². The fourth-order valence-corrected chi connectivity index (χ4v) is 4.43. The fraction of sp³-hybridized carbons (Fsp3) is 0.385. The molecule has 4 unspecified atom stereocenters. The molecule has 1 saturated heterocycles. The molecule has 0 radical (unpaired) electrons. The van der Waals surface area contributed by atoms with Crippen molar-refractivity contribution >= 4 is 23.7 Å². The van der Waals surface area contributed by atoms with Crippen molar-refractivity contribution in [3.05, 3.63) is 72.3 Å². The van der Waals surface area contributed by atoms with Crippen LogP contribution in [0.5, 0.6) is 0 Å². The van der Waals surface area contributed by atoms with Gasteiger partial charge in [0.05, 0.1) is 18.7 Å². The second-order valence-electron chi connectivity index (χ2n) is 9.42. The number of carbonyl (C=O) groups excluding carboxylic acids is 3. The van der Waals surface area contributed by atoms with Crippen molar-refractivity contribution in [1.82, 2.24) is 41.2 Å². The predicted octanol–water partition coefficient (Wildman–Crippen LogP) is -0.548. The Hall–Kier alpha value is -4.52. The van der Waals surface area contributed by atoms with Crippen LogP contribution in [0.1, 0.15) is 29.8 Å². The third-order valence-electron chi connectivity index (χ3n) is 6.50. The van der Waals surface area contributed by atoms with Crippen molar-refractivity contribution in [3.8, 4) is 0 Å². The fourth-order valence-electron chi connectivity index (χ4n) is 4.43. The first-order chi connectivity index (χ1) is 18.9. The SMILES string of the molecule is O=C(O)C(Cc1cnc[nH]1)NC(=O)C(Cc1cnc[nH]1)NC(=O)C(Cc1ccccc1)NC(=O)C1CCCN1. The van der Waals surface area contributed by atoms with E-state index in [1.165, 1.54) is 25.0 Å². The molecule has 39 heavy (non-hydrogen) atoms. The smallest absolute Gasteiger partial charge is 0.326 e. The number of nitrogens with zero attached hydrogens (tertiary/aromatic N) is 2. The molecule has 1 aliphatic rings. The molecule has 0 bridgehead atoms. The van der Waals surface area contributed by atoms with Gasteiger partial charge in [-0.15, -0.1) is 0 Å². The Morgan fingerprint density at radius 1 is 0.846 bits per heavy atom. The molecule has 1 aromatic carbocycles.